The van der Waals surface area contributed by atoms with E-state index in [1.807, 2.05) is 18.2 Å². The van der Waals surface area contributed by atoms with E-state index in [0.29, 0.717) is 14.3 Å². The summed E-state index contributed by atoms with van der Waals surface area (Å²) in [5, 5.41) is 11.9. The fourth-order valence-corrected chi connectivity index (χ4v) is 5.00. The number of rotatable bonds is 7. The highest BCUT2D eigenvalue weighted by Gasteiger charge is 2.33. The number of ether oxygens (including phenoxy) is 1. The van der Waals surface area contributed by atoms with Crippen molar-refractivity contribution in [3.63, 3.8) is 0 Å². The topological polar surface area (TPSA) is 32.7 Å². The van der Waals surface area contributed by atoms with E-state index in [0.717, 1.165) is 18.4 Å². The summed E-state index contributed by atoms with van der Waals surface area (Å²) in [5.74, 6) is 0.822. The molecule has 1 N–H and O–H groups in total. The van der Waals surface area contributed by atoms with Crippen molar-refractivity contribution in [2.45, 2.75) is 31.8 Å². The zero-order chi connectivity index (χ0) is 17.7. The van der Waals surface area contributed by atoms with Gasteiger partial charge in [-0.2, -0.15) is 0 Å². The molecule has 3 nitrogen and oxygen atoms in total. The van der Waals surface area contributed by atoms with E-state index in [2.05, 4.69) is 57.1 Å². The summed E-state index contributed by atoms with van der Waals surface area (Å²) in [6, 6.07) is 14.3. The molecule has 0 aliphatic carbocycles. The summed E-state index contributed by atoms with van der Waals surface area (Å²) in [6.45, 7) is 4.40. The van der Waals surface area contributed by atoms with Gasteiger partial charge in [0.15, 0.2) is 11.5 Å². The Morgan fingerprint density at radius 3 is 2.29 bits per heavy atom. The van der Waals surface area contributed by atoms with Crippen molar-refractivity contribution in [2.24, 2.45) is 0 Å². The molecule has 2 rings (SSSR count). The number of para-hydroxylation sites is 2. The summed E-state index contributed by atoms with van der Waals surface area (Å²) in [5.41, 5.74) is 2.23. The van der Waals surface area contributed by atoms with Crippen molar-refractivity contribution in [3.8, 4) is 11.5 Å². The normalized spacial score (nSPS) is 11.9. The van der Waals surface area contributed by atoms with Crippen LogP contribution >= 0.6 is 8.58 Å². The van der Waals surface area contributed by atoms with Crippen LogP contribution in [0.3, 0.4) is 0 Å². The molecule has 2 aromatic carbocycles. The van der Waals surface area contributed by atoms with Crippen LogP contribution in [0.15, 0.2) is 42.5 Å². The van der Waals surface area contributed by atoms with Gasteiger partial charge in [-0.25, -0.2) is 0 Å². The van der Waals surface area contributed by atoms with Gasteiger partial charge in [-0.3, -0.25) is 0 Å². The van der Waals surface area contributed by atoms with Gasteiger partial charge in [-0.1, -0.05) is 52.8 Å². The lowest BCUT2D eigenvalue weighted by atomic mass is 9.91. The molecule has 4 heteroatoms. The van der Waals surface area contributed by atoms with Gasteiger partial charge >= 0.3 is 0 Å². The average molecular weight is 345 g/mol. The molecule has 1 unspecified atom stereocenters. The summed E-state index contributed by atoms with van der Waals surface area (Å²) >= 11 is 0. The maximum absolute atomic E-state index is 10.7. The second-order valence-corrected chi connectivity index (χ2v) is 7.93. The van der Waals surface area contributed by atoms with Gasteiger partial charge in [0.1, 0.15) is 0 Å². The number of hydrogen-bond donors (Lipinski definition) is 1. The molecule has 0 amide bonds. The maximum atomic E-state index is 10.7. The molecule has 1 atom stereocenters. The first-order valence-corrected chi connectivity index (χ1v) is 9.40. The number of phenolic OH excluding ortho intramolecular Hbond substituents is 1. The van der Waals surface area contributed by atoms with Crippen LogP contribution < -0.4 is 14.9 Å². The molecule has 0 radical (unpaired) electrons. The SMILES string of the molecule is CCC(CC)(Pc1ccccc1N(C)C)c1cccc(OC)c1O. The highest BCUT2D eigenvalue weighted by atomic mass is 31.1. The zero-order valence-electron chi connectivity index (χ0n) is 15.3. The minimum absolute atomic E-state index is 0.0925. The summed E-state index contributed by atoms with van der Waals surface area (Å²) < 4.78 is 5.33. The fraction of sp³-hybridized carbons (Fsp3) is 0.400. The molecular weight excluding hydrogens is 317 g/mol. The fourth-order valence-electron chi connectivity index (χ4n) is 3.18. The third-order valence-electron chi connectivity index (χ3n) is 4.70. The van der Waals surface area contributed by atoms with Gasteiger partial charge in [-0.15, -0.1) is 0 Å². The van der Waals surface area contributed by atoms with E-state index >= 15 is 0 Å². The predicted octanol–water partition coefficient (Wildman–Crippen LogP) is 4.49. The van der Waals surface area contributed by atoms with Crippen molar-refractivity contribution in [1.29, 1.82) is 0 Å². The molecule has 0 saturated heterocycles. The highest BCUT2D eigenvalue weighted by Crippen LogP contribution is 2.52. The number of aromatic hydroxyl groups is 1. The van der Waals surface area contributed by atoms with Crippen molar-refractivity contribution in [2.75, 3.05) is 26.1 Å². The van der Waals surface area contributed by atoms with Crippen LogP contribution in [0.1, 0.15) is 32.3 Å². The number of methoxy groups -OCH3 is 1. The maximum Gasteiger partial charge on any atom is 0.161 e. The van der Waals surface area contributed by atoms with Crippen LogP contribution in [0.5, 0.6) is 11.5 Å². The molecule has 2 aromatic rings. The van der Waals surface area contributed by atoms with Crippen molar-refractivity contribution >= 4 is 19.6 Å². The first-order valence-electron chi connectivity index (χ1n) is 8.40. The molecule has 24 heavy (non-hydrogen) atoms. The third kappa shape index (κ3) is 3.52. The molecule has 0 bridgehead atoms. The molecule has 130 valence electrons. The van der Waals surface area contributed by atoms with Crippen molar-refractivity contribution in [3.05, 3.63) is 48.0 Å². The lowest BCUT2D eigenvalue weighted by Gasteiger charge is -2.34. The molecule has 0 fully saturated rings. The van der Waals surface area contributed by atoms with Crippen LogP contribution in [-0.2, 0) is 5.16 Å². The van der Waals surface area contributed by atoms with Gasteiger partial charge in [0, 0.05) is 30.5 Å². The molecular formula is C20H28NO2P. The Morgan fingerprint density at radius 1 is 1.04 bits per heavy atom. The number of nitrogens with zero attached hydrogens (tertiary/aromatic N) is 1. The van der Waals surface area contributed by atoms with Crippen LogP contribution in [0.4, 0.5) is 5.69 Å². The Morgan fingerprint density at radius 2 is 1.71 bits per heavy atom. The molecule has 0 heterocycles. The van der Waals surface area contributed by atoms with Gasteiger partial charge < -0.3 is 14.7 Å². The second-order valence-electron chi connectivity index (χ2n) is 6.18. The second kappa shape index (κ2) is 7.90. The molecule has 0 aliphatic heterocycles. The van der Waals surface area contributed by atoms with Crippen molar-refractivity contribution in [1.82, 2.24) is 0 Å². The number of anilines is 1. The standard InChI is InChI=1S/C20H28NO2P/c1-6-20(7-2,15-11-10-13-17(23-5)19(15)22)24-18-14-9-8-12-16(18)21(3)4/h8-14,22,24H,6-7H2,1-5H3. The van der Waals surface area contributed by atoms with Gasteiger partial charge in [-0.05, 0) is 30.3 Å². The lowest BCUT2D eigenvalue weighted by molar-refractivity contribution is 0.365. The minimum atomic E-state index is -0.0925. The monoisotopic (exact) mass is 345 g/mol. The highest BCUT2D eigenvalue weighted by molar-refractivity contribution is 7.49. The third-order valence-corrected chi connectivity index (χ3v) is 6.85. The van der Waals surface area contributed by atoms with E-state index in [1.165, 1.54) is 11.0 Å². The lowest BCUT2D eigenvalue weighted by Crippen LogP contribution is -2.24. The van der Waals surface area contributed by atoms with E-state index in [1.54, 1.807) is 7.11 Å². The molecule has 0 aliphatic rings. The summed E-state index contributed by atoms with van der Waals surface area (Å²) in [4.78, 5) is 2.16. The Labute approximate surface area is 147 Å². The molecule has 0 spiro atoms. The predicted molar refractivity (Wildman–Crippen MR) is 106 cm³/mol. The van der Waals surface area contributed by atoms with E-state index in [-0.39, 0.29) is 10.9 Å². The average Bonchev–Trinajstić information content (AvgIpc) is 2.60. The van der Waals surface area contributed by atoms with Gasteiger partial charge in [0.05, 0.1) is 7.11 Å². The molecule has 0 saturated carbocycles. The number of hydrogen-bond acceptors (Lipinski definition) is 3. The van der Waals surface area contributed by atoms with Gasteiger partial charge in [0.25, 0.3) is 0 Å². The van der Waals surface area contributed by atoms with Crippen LogP contribution in [0.2, 0.25) is 0 Å². The number of benzene rings is 2. The minimum Gasteiger partial charge on any atom is -0.504 e. The Hall–Kier alpha value is -1.73. The number of phenols is 1. The largest absolute Gasteiger partial charge is 0.504 e. The Kier molecular flexibility index (Phi) is 6.12. The zero-order valence-corrected chi connectivity index (χ0v) is 16.3. The van der Waals surface area contributed by atoms with Crippen LogP contribution in [0, 0.1) is 0 Å². The smallest absolute Gasteiger partial charge is 0.161 e. The quantitative estimate of drug-likeness (QED) is 0.751. The first kappa shape index (κ1) is 18.6. The summed E-state index contributed by atoms with van der Waals surface area (Å²) in [6.07, 6.45) is 1.93. The van der Waals surface area contributed by atoms with Crippen LogP contribution in [0.25, 0.3) is 0 Å². The first-order chi connectivity index (χ1) is 11.5. The van der Waals surface area contributed by atoms with Crippen molar-refractivity contribution < 1.29 is 9.84 Å². The van der Waals surface area contributed by atoms with Crippen LogP contribution in [-0.4, -0.2) is 26.3 Å². The van der Waals surface area contributed by atoms with E-state index < -0.39 is 0 Å². The molecule has 0 aromatic heterocycles. The van der Waals surface area contributed by atoms with Gasteiger partial charge in [0.2, 0.25) is 0 Å². The van der Waals surface area contributed by atoms with E-state index in [4.69, 9.17) is 4.74 Å². The summed E-state index contributed by atoms with van der Waals surface area (Å²) in [7, 11) is 6.32. The van der Waals surface area contributed by atoms with E-state index in [9.17, 15) is 5.11 Å². The Bertz CT molecular complexity index is 681. The Balaban J connectivity index is 2.54.